The summed E-state index contributed by atoms with van der Waals surface area (Å²) in [6, 6.07) is 4.25. The highest BCUT2D eigenvalue weighted by Crippen LogP contribution is 2.34. The molecular formula is C15H22O2. The Hall–Kier alpha value is -1.02. The minimum Gasteiger partial charge on any atom is -0.493 e. The van der Waals surface area contributed by atoms with Crippen molar-refractivity contribution in [3.8, 4) is 5.75 Å². The summed E-state index contributed by atoms with van der Waals surface area (Å²) in [5.41, 5.74) is 3.73. The van der Waals surface area contributed by atoms with Gasteiger partial charge in [-0.25, -0.2) is 0 Å². The lowest BCUT2D eigenvalue weighted by Crippen LogP contribution is -2.14. The number of rotatable bonds is 5. The lowest BCUT2D eigenvalue weighted by molar-refractivity contribution is 0.119. The van der Waals surface area contributed by atoms with Gasteiger partial charge in [-0.1, -0.05) is 6.07 Å². The third-order valence-electron chi connectivity index (χ3n) is 3.63. The highest BCUT2D eigenvalue weighted by molar-refractivity contribution is 5.40. The van der Waals surface area contributed by atoms with Crippen molar-refractivity contribution in [2.24, 2.45) is 5.92 Å². The van der Waals surface area contributed by atoms with Gasteiger partial charge in [0.05, 0.1) is 12.7 Å². The highest BCUT2D eigenvalue weighted by atomic mass is 16.5. The molecule has 2 nitrogen and oxygen atoms in total. The summed E-state index contributed by atoms with van der Waals surface area (Å²) in [6.45, 7) is 6.89. The quantitative estimate of drug-likeness (QED) is 0.848. The number of hydrogen-bond acceptors (Lipinski definition) is 2. The van der Waals surface area contributed by atoms with Gasteiger partial charge in [-0.15, -0.1) is 0 Å². The van der Waals surface area contributed by atoms with Gasteiger partial charge in [-0.2, -0.15) is 0 Å². The van der Waals surface area contributed by atoms with Crippen molar-refractivity contribution in [3.05, 3.63) is 28.8 Å². The van der Waals surface area contributed by atoms with E-state index in [-0.39, 0.29) is 6.10 Å². The van der Waals surface area contributed by atoms with E-state index in [0.29, 0.717) is 12.5 Å². The molecule has 94 valence electrons. The second-order valence-corrected chi connectivity index (χ2v) is 5.24. The molecule has 0 spiro atoms. The zero-order valence-electron chi connectivity index (χ0n) is 11.0. The van der Waals surface area contributed by atoms with Crippen molar-refractivity contribution in [2.75, 3.05) is 6.61 Å². The van der Waals surface area contributed by atoms with Crippen LogP contribution in [0.1, 0.15) is 36.0 Å². The molecule has 0 saturated heterocycles. The van der Waals surface area contributed by atoms with Crippen LogP contribution in [0.5, 0.6) is 5.75 Å². The smallest absolute Gasteiger partial charge is 0.122 e. The van der Waals surface area contributed by atoms with Gasteiger partial charge in [0.25, 0.3) is 0 Å². The van der Waals surface area contributed by atoms with Crippen LogP contribution in [0.15, 0.2) is 12.1 Å². The number of aliphatic hydroxyl groups is 1. The molecule has 0 heterocycles. The maximum absolute atomic E-state index is 9.75. The van der Waals surface area contributed by atoms with E-state index in [4.69, 9.17) is 4.74 Å². The first-order valence-electron chi connectivity index (χ1n) is 6.46. The van der Waals surface area contributed by atoms with E-state index in [1.165, 1.54) is 29.5 Å². The monoisotopic (exact) mass is 234 g/mol. The Balaban J connectivity index is 1.87. The highest BCUT2D eigenvalue weighted by Gasteiger charge is 2.29. The van der Waals surface area contributed by atoms with E-state index in [1.54, 1.807) is 0 Å². The first kappa shape index (κ1) is 12.4. The van der Waals surface area contributed by atoms with Crippen molar-refractivity contribution in [2.45, 2.75) is 46.1 Å². The van der Waals surface area contributed by atoms with Crippen molar-refractivity contribution in [1.82, 2.24) is 0 Å². The molecule has 0 radical (unpaired) electrons. The van der Waals surface area contributed by atoms with Gasteiger partial charge in [0.1, 0.15) is 5.75 Å². The van der Waals surface area contributed by atoms with Crippen molar-refractivity contribution in [3.63, 3.8) is 0 Å². The summed E-state index contributed by atoms with van der Waals surface area (Å²) in [5.74, 6) is 1.50. The molecule has 0 aliphatic heterocycles. The van der Waals surface area contributed by atoms with Gasteiger partial charge in [0.15, 0.2) is 0 Å². The largest absolute Gasteiger partial charge is 0.493 e. The fourth-order valence-corrected chi connectivity index (χ4v) is 2.10. The molecule has 0 amide bonds. The van der Waals surface area contributed by atoms with Crippen LogP contribution in [0.4, 0.5) is 0 Å². The fraction of sp³-hybridized carbons (Fsp3) is 0.600. The first-order valence-corrected chi connectivity index (χ1v) is 6.46. The zero-order chi connectivity index (χ0) is 12.4. The molecule has 0 bridgehead atoms. The summed E-state index contributed by atoms with van der Waals surface area (Å²) in [7, 11) is 0. The molecule has 1 aromatic carbocycles. The standard InChI is InChI=1S/C15H22O2/c1-10-8-12(3)15(9-11(10)2)17-7-6-14(16)13-4-5-13/h8-9,13-14,16H,4-7H2,1-3H3. The molecule has 1 saturated carbocycles. The van der Waals surface area contributed by atoms with Crippen LogP contribution in [-0.4, -0.2) is 17.8 Å². The van der Waals surface area contributed by atoms with E-state index in [2.05, 4.69) is 32.9 Å². The molecule has 1 atom stereocenters. The van der Waals surface area contributed by atoms with Crippen LogP contribution >= 0.6 is 0 Å². The van der Waals surface area contributed by atoms with Crippen LogP contribution in [0.3, 0.4) is 0 Å². The summed E-state index contributed by atoms with van der Waals surface area (Å²) in [4.78, 5) is 0. The van der Waals surface area contributed by atoms with Gasteiger partial charge in [-0.3, -0.25) is 0 Å². The predicted molar refractivity (Wildman–Crippen MR) is 69.5 cm³/mol. The Morgan fingerprint density at radius 2 is 1.82 bits per heavy atom. The normalized spacial score (nSPS) is 16.9. The Bertz CT molecular complexity index is 394. The molecule has 1 fully saturated rings. The van der Waals surface area contributed by atoms with Crippen LogP contribution < -0.4 is 4.74 Å². The third-order valence-corrected chi connectivity index (χ3v) is 3.63. The second kappa shape index (κ2) is 5.09. The molecule has 1 unspecified atom stereocenters. The van der Waals surface area contributed by atoms with Crippen LogP contribution in [-0.2, 0) is 0 Å². The summed E-state index contributed by atoms with van der Waals surface area (Å²) in [6.07, 6.45) is 2.95. The first-order chi connectivity index (χ1) is 8.08. The van der Waals surface area contributed by atoms with Crippen LogP contribution in [0, 0.1) is 26.7 Å². The lowest BCUT2D eigenvalue weighted by Gasteiger charge is -2.13. The molecule has 1 aromatic rings. The van der Waals surface area contributed by atoms with E-state index in [0.717, 1.165) is 12.2 Å². The minimum atomic E-state index is -0.165. The third kappa shape index (κ3) is 3.22. The average Bonchev–Trinajstić information content (AvgIpc) is 3.09. The van der Waals surface area contributed by atoms with Crippen molar-refractivity contribution < 1.29 is 9.84 Å². The zero-order valence-corrected chi connectivity index (χ0v) is 11.0. The Kier molecular flexibility index (Phi) is 3.72. The molecular weight excluding hydrogens is 212 g/mol. The minimum absolute atomic E-state index is 0.165. The van der Waals surface area contributed by atoms with Gasteiger partial charge in [0.2, 0.25) is 0 Å². The molecule has 0 aromatic heterocycles. The number of hydrogen-bond donors (Lipinski definition) is 1. The van der Waals surface area contributed by atoms with Crippen LogP contribution in [0.25, 0.3) is 0 Å². The second-order valence-electron chi connectivity index (χ2n) is 5.24. The van der Waals surface area contributed by atoms with Crippen molar-refractivity contribution in [1.29, 1.82) is 0 Å². The number of benzene rings is 1. The Morgan fingerprint density at radius 3 is 2.47 bits per heavy atom. The number of ether oxygens (including phenoxy) is 1. The average molecular weight is 234 g/mol. The van der Waals surface area contributed by atoms with Gasteiger partial charge in [-0.05, 0) is 62.3 Å². The molecule has 1 aliphatic rings. The van der Waals surface area contributed by atoms with Gasteiger partial charge < -0.3 is 9.84 Å². The van der Waals surface area contributed by atoms with Gasteiger partial charge >= 0.3 is 0 Å². The summed E-state index contributed by atoms with van der Waals surface area (Å²) in [5, 5.41) is 9.75. The number of aliphatic hydroxyl groups excluding tert-OH is 1. The summed E-state index contributed by atoms with van der Waals surface area (Å²) < 4.78 is 5.76. The van der Waals surface area contributed by atoms with E-state index in [9.17, 15) is 5.11 Å². The molecule has 2 rings (SSSR count). The van der Waals surface area contributed by atoms with Crippen molar-refractivity contribution >= 4 is 0 Å². The van der Waals surface area contributed by atoms with Gasteiger partial charge in [0, 0.05) is 6.42 Å². The lowest BCUT2D eigenvalue weighted by atomic mass is 10.1. The Labute approximate surface area is 104 Å². The number of aryl methyl sites for hydroxylation is 3. The summed E-state index contributed by atoms with van der Waals surface area (Å²) >= 11 is 0. The van der Waals surface area contributed by atoms with E-state index >= 15 is 0 Å². The molecule has 1 N–H and O–H groups in total. The maximum Gasteiger partial charge on any atom is 0.122 e. The predicted octanol–water partition coefficient (Wildman–Crippen LogP) is 3.15. The molecule has 1 aliphatic carbocycles. The molecule has 2 heteroatoms. The van der Waals surface area contributed by atoms with E-state index < -0.39 is 0 Å². The fourth-order valence-electron chi connectivity index (χ4n) is 2.10. The topological polar surface area (TPSA) is 29.5 Å². The maximum atomic E-state index is 9.75. The molecule has 17 heavy (non-hydrogen) atoms. The Morgan fingerprint density at radius 1 is 1.18 bits per heavy atom. The van der Waals surface area contributed by atoms with Crippen LogP contribution in [0.2, 0.25) is 0 Å². The van der Waals surface area contributed by atoms with E-state index in [1.807, 2.05) is 0 Å². The SMILES string of the molecule is Cc1cc(C)c(OCCC(O)C2CC2)cc1C.